The van der Waals surface area contributed by atoms with Gasteiger partial charge in [0.1, 0.15) is 0 Å². The summed E-state index contributed by atoms with van der Waals surface area (Å²) in [5.74, 6) is -3.99. The number of nitrogens with two attached hydrogens (primary N) is 1. The SMILES string of the molecule is C/C=C/C(F)(F)COC1=C(C)C=C(C(=O)O)[NH2+]1. The monoisotopic (exact) mass is 246 g/mol. The molecule has 1 aliphatic heterocycles. The van der Waals surface area contributed by atoms with E-state index in [0.29, 0.717) is 5.57 Å². The van der Waals surface area contributed by atoms with Crippen LogP contribution in [0.5, 0.6) is 0 Å². The molecule has 0 radical (unpaired) electrons. The van der Waals surface area contributed by atoms with E-state index >= 15 is 0 Å². The Morgan fingerprint density at radius 3 is 2.76 bits per heavy atom. The van der Waals surface area contributed by atoms with Crippen LogP contribution in [0.4, 0.5) is 8.78 Å². The highest BCUT2D eigenvalue weighted by Crippen LogP contribution is 2.18. The lowest BCUT2D eigenvalue weighted by molar-refractivity contribution is -0.577. The maximum absolute atomic E-state index is 13.1. The van der Waals surface area contributed by atoms with Crippen LogP contribution in [-0.2, 0) is 9.53 Å². The highest BCUT2D eigenvalue weighted by Gasteiger charge is 2.30. The molecular weight excluding hydrogens is 232 g/mol. The van der Waals surface area contributed by atoms with Crippen LogP contribution in [-0.4, -0.2) is 23.6 Å². The van der Waals surface area contributed by atoms with Gasteiger partial charge in [-0.25, -0.2) is 10.1 Å². The highest BCUT2D eigenvalue weighted by atomic mass is 19.3. The number of allylic oxidation sites excluding steroid dienone is 3. The molecule has 0 saturated carbocycles. The third-order valence-electron chi connectivity index (χ3n) is 2.12. The second-order valence-corrected chi connectivity index (χ2v) is 3.65. The summed E-state index contributed by atoms with van der Waals surface area (Å²) in [6.45, 7) is 2.29. The minimum atomic E-state index is -3.05. The number of hydrogen-bond acceptors (Lipinski definition) is 2. The van der Waals surface area contributed by atoms with Crippen LogP contribution in [0.15, 0.2) is 35.4 Å². The van der Waals surface area contributed by atoms with Gasteiger partial charge in [0.05, 0.1) is 5.57 Å². The summed E-state index contributed by atoms with van der Waals surface area (Å²) in [6, 6.07) is 0. The van der Waals surface area contributed by atoms with Gasteiger partial charge in [-0.3, -0.25) is 0 Å². The summed E-state index contributed by atoms with van der Waals surface area (Å²) in [5, 5.41) is 9.96. The predicted molar refractivity (Wildman–Crippen MR) is 56.1 cm³/mol. The lowest BCUT2D eigenvalue weighted by Gasteiger charge is -2.12. The number of ether oxygens (including phenoxy) is 1. The van der Waals surface area contributed by atoms with Gasteiger partial charge in [-0.2, -0.15) is 8.78 Å². The first kappa shape index (κ1) is 13.4. The van der Waals surface area contributed by atoms with Crippen LogP contribution in [0.25, 0.3) is 0 Å². The molecule has 0 aliphatic carbocycles. The van der Waals surface area contributed by atoms with Crippen molar-refractivity contribution in [1.82, 2.24) is 0 Å². The Bertz CT molecular complexity index is 411. The Morgan fingerprint density at radius 1 is 1.65 bits per heavy atom. The summed E-state index contributed by atoms with van der Waals surface area (Å²) in [5.41, 5.74) is 0.561. The maximum Gasteiger partial charge on any atom is 0.390 e. The first-order valence-corrected chi connectivity index (χ1v) is 5.01. The minimum absolute atomic E-state index is 0.0341. The van der Waals surface area contributed by atoms with Crippen molar-refractivity contribution in [1.29, 1.82) is 0 Å². The van der Waals surface area contributed by atoms with Gasteiger partial charge in [-0.05, 0) is 19.9 Å². The summed E-state index contributed by atoms with van der Waals surface area (Å²) >= 11 is 0. The molecule has 17 heavy (non-hydrogen) atoms. The number of hydrogen-bond donors (Lipinski definition) is 2. The van der Waals surface area contributed by atoms with Gasteiger partial charge in [0.15, 0.2) is 6.61 Å². The zero-order valence-electron chi connectivity index (χ0n) is 9.54. The number of halogens is 2. The fraction of sp³-hybridized carbons (Fsp3) is 0.364. The van der Waals surface area contributed by atoms with Crippen LogP contribution < -0.4 is 5.32 Å². The molecule has 0 unspecified atom stereocenters. The lowest BCUT2D eigenvalue weighted by Crippen LogP contribution is -2.80. The number of rotatable bonds is 5. The molecule has 1 heterocycles. The molecule has 0 atom stereocenters. The highest BCUT2D eigenvalue weighted by molar-refractivity contribution is 5.84. The zero-order chi connectivity index (χ0) is 13.1. The van der Waals surface area contributed by atoms with E-state index in [9.17, 15) is 13.6 Å². The minimum Gasteiger partial charge on any atom is -0.474 e. The van der Waals surface area contributed by atoms with Gasteiger partial charge in [0.2, 0.25) is 5.70 Å². The molecule has 1 aliphatic rings. The molecular formula is C11H14F2NO3+. The molecule has 94 valence electrons. The van der Waals surface area contributed by atoms with E-state index in [1.807, 2.05) is 0 Å². The molecule has 6 heteroatoms. The zero-order valence-corrected chi connectivity index (χ0v) is 9.54. The molecule has 0 fully saturated rings. The van der Waals surface area contributed by atoms with Crippen molar-refractivity contribution in [2.24, 2.45) is 0 Å². The molecule has 1 rings (SSSR count). The van der Waals surface area contributed by atoms with E-state index in [1.54, 1.807) is 6.92 Å². The number of carboxylic acid groups (broad SMARTS) is 1. The van der Waals surface area contributed by atoms with Gasteiger partial charge < -0.3 is 9.84 Å². The lowest BCUT2D eigenvalue weighted by atomic mass is 10.3. The molecule has 3 N–H and O–H groups in total. The average molecular weight is 246 g/mol. The molecule has 0 amide bonds. The molecule has 0 spiro atoms. The maximum atomic E-state index is 13.1. The van der Waals surface area contributed by atoms with E-state index in [1.165, 1.54) is 24.4 Å². The van der Waals surface area contributed by atoms with Crippen LogP contribution in [0, 0.1) is 0 Å². The number of aliphatic carboxylic acids is 1. The quantitative estimate of drug-likeness (QED) is 0.711. The summed E-state index contributed by atoms with van der Waals surface area (Å²) < 4.78 is 31.1. The molecule has 0 aromatic rings. The Balaban J connectivity index is 2.57. The topological polar surface area (TPSA) is 63.1 Å². The van der Waals surface area contributed by atoms with Crippen molar-refractivity contribution in [3.8, 4) is 0 Å². The summed E-state index contributed by atoms with van der Waals surface area (Å²) in [6.07, 6.45) is 3.36. The molecule has 0 aromatic carbocycles. The Labute approximate surface area is 97.3 Å². The van der Waals surface area contributed by atoms with Gasteiger partial charge in [0, 0.05) is 6.08 Å². The van der Waals surface area contributed by atoms with Crippen molar-refractivity contribution in [2.75, 3.05) is 6.61 Å². The second-order valence-electron chi connectivity index (χ2n) is 3.65. The van der Waals surface area contributed by atoms with Crippen molar-refractivity contribution >= 4 is 5.97 Å². The van der Waals surface area contributed by atoms with E-state index in [0.717, 1.165) is 6.08 Å². The van der Waals surface area contributed by atoms with Crippen molar-refractivity contribution < 1.29 is 28.7 Å². The molecule has 0 saturated heterocycles. The molecule has 0 bridgehead atoms. The fourth-order valence-corrected chi connectivity index (χ4v) is 1.35. The van der Waals surface area contributed by atoms with Crippen molar-refractivity contribution in [3.05, 3.63) is 35.4 Å². The van der Waals surface area contributed by atoms with E-state index in [2.05, 4.69) is 0 Å². The smallest absolute Gasteiger partial charge is 0.390 e. The van der Waals surface area contributed by atoms with Crippen molar-refractivity contribution in [2.45, 2.75) is 19.8 Å². The van der Waals surface area contributed by atoms with Crippen molar-refractivity contribution in [3.63, 3.8) is 0 Å². The van der Waals surface area contributed by atoms with Gasteiger partial charge in [0.25, 0.3) is 11.8 Å². The second kappa shape index (κ2) is 5.09. The Hall–Kier alpha value is -1.69. The number of carbonyl (C=O) groups is 1. The van der Waals surface area contributed by atoms with Gasteiger partial charge in [-0.15, -0.1) is 0 Å². The number of carboxylic acids is 1. The van der Waals surface area contributed by atoms with E-state index in [-0.39, 0.29) is 11.6 Å². The first-order valence-electron chi connectivity index (χ1n) is 5.01. The Morgan fingerprint density at radius 2 is 2.29 bits per heavy atom. The van der Waals surface area contributed by atoms with Crippen LogP contribution in [0.1, 0.15) is 13.8 Å². The third kappa shape index (κ3) is 3.67. The van der Waals surface area contributed by atoms with E-state index < -0.39 is 18.5 Å². The number of alkyl halides is 2. The fourth-order valence-electron chi connectivity index (χ4n) is 1.35. The first-order chi connectivity index (χ1) is 7.85. The van der Waals surface area contributed by atoms with Gasteiger partial charge >= 0.3 is 5.97 Å². The number of quaternary nitrogens is 1. The summed E-state index contributed by atoms with van der Waals surface area (Å²) in [7, 11) is 0. The summed E-state index contributed by atoms with van der Waals surface area (Å²) in [4.78, 5) is 10.7. The van der Waals surface area contributed by atoms with E-state index in [4.69, 9.17) is 9.84 Å². The third-order valence-corrected chi connectivity index (χ3v) is 2.12. The predicted octanol–water partition coefficient (Wildman–Crippen LogP) is 0.991. The standard InChI is InChI=1S/C11H13F2NO3/c1-3-4-11(12,13)6-17-9-7(2)5-8(14-9)10(15)16/h3-5,14H,6H2,1-2H3,(H,15,16)/p+1/b4-3+. The largest absolute Gasteiger partial charge is 0.474 e. The van der Waals surface area contributed by atoms with Gasteiger partial charge in [-0.1, -0.05) is 6.08 Å². The van der Waals surface area contributed by atoms with Crippen LogP contribution >= 0.6 is 0 Å². The van der Waals surface area contributed by atoms with Crippen LogP contribution in [0.3, 0.4) is 0 Å². The normalized spacial score (nSPS) is 16.6. The average Bonchev–Trinajstić information content (AvgIpc) is 2.57. The Kier molecular flexibility index (Phi) is 4.01. The molecule has 4 nitrogen and oxygen atoms in total. The van der Waals surface area contributed by atoms with Crippen LogP contribution in [0.2, 0.25) is 0 Å². The molecule has 0 aromatic heterocycles.